The van der Waals surface area contributed by atoms with Gasteiger partial charge in [0.2, 0.25) is 5.91 Å². The fourth-order valence-corrected chi connectivity index (χ4v) is 4.31. The molecule has 1 spiro atoms. The second kappa shape index (κ2) is 10.8. The number of aliphatic carboxylic acids is 1. The average Bonchev–Trinajstić information content (AvgIpc) is 3.06. The zero-order chi connectivity index (χ0) is 22.2. The van der Waals surface area contributed by atoms with E-state index in [9.17, 15) is 18.0 Å². The number of alkyl halides is 3. The Morgan fingerprint density at radius 2 is 1.97 bits per heavy atom. The number of likely N-dealkylation sites (tertiary alicyclic amines) is 1. The Morgan fingerprint density at radius 3 is 2.50 bits per heavy atom. The maximum absolute atomic E-state index is 11.7. The van der Waals surface area contributed by atoms with Crippen LogP contribution in [0.15, 0.2) is 30.3 Å². The van der Waals surface area contributed by atoms with Crippen molar-refractivity contribution in [1.29, 1.82) is 0 Å². The van der Waals surface area contributed by atoms with Gasteiger partial charge in [-0.2, -0.15) is 13.2 Å². The molecule has 2 aliphatic rings. The molecule has 3 rings (SSSR count). The summed E-state index contributed by atoms with van der Waals surface area (Å²) in [4.78, 5) is 23.2. The van der Waals surface area contributed by atoms with Crippen LogP contribution >= 0.6 is 0 Å². The summed E-state index contributed by atoms with van der Waals surface area (Å²) in [5.74, 6) is -2.53. The number of halogens is 3. The number of hydrogen-bond donors (Lipinski definition) is 2. The van der Waals surface area contributed by atoms with Crippen molar-refractivity contribution in [3.05, 3.63) is 35.9 Å². The molecule has 2 N–H and O–H groups in total. The molecule has 2 fully saturated rings. The molecule has 0 aromatic heterocycles. The van der Waals surface area contributed by atoms with E-state index in [0.29, 0.717) is 19.1 Å². The predicted octanol–water partition coefficient (Wildman–Crippen LogP) is 3.36. The molecule has 1 aromatic rings. The van der Waals surface area contributed by atoms with Crippen LogP contribution in [0.5, 0.6) is 0 Å². The van der Waals surface area contributed by atoms with E-state index in [1.54, 1.807) is 0 Å². The first-order valence-corrected chi connectivity index (χ1v) is 10.1. The van der Waals surface area contributed by atoms with Crippen LogP contribution in [0.25, 0.3) is 0 Å². The molecule has 0 saturated carbocycles. The second-order valence-electron chi connectivity index (χ2n) is 7.61. The van der Waals surface area contributed by atoms with E-state index in [4.69, 9.17) is 14.6 Å². The molecule has 2 aliphatic heterocycles. The number of carbonyl (C=O) groups excluding carboxylic acids is 1. The summed E-state index contributed by atoms with van der Waals surface area (Å²) < 4.78 is 37.6. The molecular weight excluding hydrogens is 401 g/mol. The molecule has 0 unspecified atom stereocenters. The Kier molecular flexibility index (Phi) is 8.66. The molecule has 1 amide bonds. The molecule has 0 aliphatic carbocycles. The van der Waals surface area contributed by atoms with Gasteiger partial charge in [-0.3, -0.25) is 9.69 Å². The number of carbonyl (C=O) groups is 2. The van der Waals surface area contributed by atoms with Crippen molar-refractivity contribution in [2.24, 2.45) is 0 Å². The predicted molar refractivity (Wildman–Crippen MR) is 105 cm³/mol. The van der Waals surface area contributed by atoms with Gasteiger partial charge in [-0.05, 0) is 37.8 Å². The van der Waals surface area contributed by atoms with Crippen molar-refractivity contribution in [2.75, 3.05) is 19.7 Å². The first kappa shape index (κ1) is 24.1. The lowest BCUT2D eigenvalue weighted by Crippen LogP contribution is -2.62. The van der Waals surface area contributed by atoms with Gasteiger partial charge < -0.3 is 15.2 Å². The Labute approximate surface area is 174 Å². The van der Waals surface area contributed by atoms with Crippen LogP contribution in [0.4, 0.5) is 13.2 Å². The zero-order valence-electron chi connectivity index (χ0n) is 17.1. The highest BCUT2D eigenvalue weighted by atomic mass is 19.4. The Balaban J connectivity index is 0.000000396. The van der Waals surface area contributed by atoms with Crippen LogP contribution in [-0.4, -0.2) is 59.3 Å². The Morgan fingerprint density at radius 1 is 1.30 bits per heavy atom. The average molecular weight is 430 g/mol. The number of nitrogens with one attached hydrogen (secondary N) is 1. The summed E-state index contributed by atoms with van der Waals surface area (Å²) in [6.45, 7) is 5.72. The molecule has 2 heterocycles. The highest BCUT2D eigenvalue weighted by Gasteiger charge is 2.47. The standard InChI is InChI=1S/C19H28N2O2.C2HF3O2/c1-2-17-19(11-9-18(22)20-19)10-6-12-21(17)13-14-23-15-16-7-4-3-5-8-16;3-2(4,5)1(6)7/h3-5,7-8,17H,2,6,9-15H2,1H3,(H,20,22);(H,6,7)/t17-,19-;/m0./s1. The van der Waals surface area contributed by atoms with Crippen LogP contribution in [0.1, 0.15) is 44.6 Å². The van der Waals surface area contributed by atoms with E-state index in [-0.39, 0.29) is 11.4 Å². The molecule has 0 bridgehead atoms. The monoisotopic (exact) mass is 430 g/mol. The van der Waals surface area contributed by atoms with Crippen molar-refractivity contribution in [3.8, 4) is 0 Å². The summed E-state index contributed by atoms with van der Waals surface area (Å²) in [5, 5.41) is 10.4. The third-order valence-electron chi connectivity index (χ3n) is 5.60. The number of ether oxygens (including phenoxy) is 1. The number of carboxylic acids is 1. The number of amides is 1. The SMILES string of the molecule is CC[C@@H]1N(CCOCc2ccccc2)CCC[C@]12CCC(=O)N2.O=C(O)C(F)(F)F. The fourth-order valence-electron chi connectivity index (χ4n) is 4.31. The van der Waals surface area contributed by atoms with Crippen LogP contribution in [-0.2, 0) is 20.9 Å². The lowest BCUT2D eigenvalue weighted by atomic mass is 9.78. The quantitative estimate of drug-likeness (QED) is 0.677. The molecule has 1 aromatic carbocycles. The topological polar surface area (TPSA) is 78.9 Å². The molecule has 2 atom stereocenters. The summed E-state index contributed by atoms with van der Waals surface area (Å²) in [6.07, 6.45) is -0.0341. The first-order chi connectivity index (χ1) is 14.2. The summed E-state index contributed by atoms with van der Waals surface area (Å²) in [6, 6.07) is 10.8. The van der Waals surface area contributed by atoms with E-state index in [2.05, 4.69) is 29.3 Å². The minimum atomic E-state index is -5.08. The highest BCUT2D eigenvalue weighted by molar-refractivity contribution is 5.79. The van der Waals surface area contributed by atoms with Gasteiger partial charge >= 0.3 is 12.1 Å². The van der Waals surface area contributed by atoms with E-state index >= 15 is 0 Å². The van der Waals surface area contributed by atoms with E-state index in [0.717, 1.165) is 45.4 Å². The molecular formula is C21H29F3N2O4. The fraction of sp³-hybridized carbons (Fsp3) is 0.619. The largest absolute Gasteiger partial charge is 0.490 e. The van der Waals surface area contributed by atoms with Gasteiger partial charge in [-0.1, -0.05) is 37.3 Å². The number of piperidine rings is 1. The molecule has 168 valence electrons. The third-order valence-corrected chi connectivity index (χ3v) is 5.60. The molecule has 30 heavy (non-hydrogen) atoms. The van der Waals surface area contributed by atoms with E-state index < -0.39 is 12.1 Å². The summed E-state index contributed by atoms with van der Waals surface area (Å²) in [7, 11) is 0. The number of benzene rings is 1. The van der Waals surface area contributed by atoms with Crippen molar-refractivity contribution >= 4 is 11.9 Å². The first-order valence-electron chi connectivity index (χ1n) is 10.1. The van der Waals surface area contributed by atoms with Gasteiger partial charge in [0.05, 0.1) is 18.8 Å². The van der Waals surface area contributed by atoms with E-state index in [1.807, 2.05) is 18.2 Å². The van der Waals surface area contributed by atoms with Crippen molar-refractivity contribution in [1.82, 2.24) is 10.2 Å². The van der Waals surface area contributed by atoms with Crippen molar-refractivity contribution in [2.45, 2.75) is 63.4 Å². The van der Waals surface area contributed by atoms with Crippen LogP contribution in [0, 0.1) is 0 Å². The Hall–Kier alpha value is -2.13. The maximum atomic E-state index is 11.7. The van der Waals surface area contributed by atoms with Gasteiger partial charge in [0.1, 0.15) is 0 Å². The van der Waals surface area contributed by atoms with Crippen LogP contribution in [0.3, 0.4) is 0 Å². The minimum Gasteiger partial charge on any atom is -0.475 e. The molecule has 9 heteroatoms. The number of hydrogen-bond acceptors (Lipinski definition) is 4. The van der Waals surface area contributed by atoms with Crippen LogP contribution < -0.4 is 5.32 Å². The molecule has 0 radical (unpaired) electrons. The van der Waals surface area contributed by atoms with Gasteiger partial charge in [0.25, 0.3) is 0 Å². The summed E-state index contributed by atoms with van der Waals surface area (Å²) >= 11 is 0. The number of carboxylic acid groups (broad SMARTS) is 1. The highest BCUT2D eigenvalue weighted by Crippen LogP contribution is 2.36. The van der Waals surface area contributed by atoms with Crippen molar-refractivity contribution in [3.63, 3.8) is 0 Å². The van der Waals surface area contributed by atoms with E-state index in [1.165, 1.54) is 5.56 Å². The van der Waals surface area contributed by atoms with Gasteiger partial charge in [0, 0.05) is 19.0 Å². The van der Waals surface area contributed by atoms with Crippen molar-refractivity contribution < 1.29 is 32.6 Å². The van der Waals surface area contributed by atoms with Gasteiger partial charge in [-0.25, -0.2) is 4.79 Å². The minimum absolute atomic E-state index is 0.0174. The number of rotatable bonds is 6. The smallest absolute Gasteiger partial charge is 0.475 e. The third kappa shape index (κ3) is 6.70. The molecule has 2 saturated heterocycles. The second-order valence-corrected chi connectivity index (χ2v) is 7.61. The van der Waals surface area contributed by atoms with Gasteiger partial charge in [0.15, 0.2) is 0 Å². The maximum Gasteiger partial charge on any atom is 0.490 e. The number of nitrogens with zero attached hydrogens (tertiary/aromatic N) is 1. The molecule has 6 nitrogen and oxygen atoms in total. The lowest BCUT2D eigenvalue weighted by Gasteiger charge is -2.48. The van der Waals surface area contributed by atoms with Gasteiger partial charge in [-0.15, -0.1) is 0 Å². The Bertz CT molecular complexity index is 699. The summed E-state index contributed by atoms with van der Waals surface area (Å²) in [5.41, 5.74) is 1.24. The zero-order valence-corrected chi connectivity index (χ0v) is 17.1. The normalized spacial score (nSPS) is 24.3. The lowest BCUT2D eigenvalue weighted by molar-refractivity contribution is -0.192. The van der Waals surface area contributed by atoms with Crippen LogP contribution in [0.2, 0.25) is 0 Å².